The zero-order chi connectivity index (χ0) is 11.0. The van der Waals surface area contributed by atoms with E-state index >= 15 is 0 Å². The van der Waals surface area contributed by atoms with Crippen LogP contribution in [0.15, 0.2) is 22.7 Å². The molecule has 0 fully saturated rings. The normalized spacial score (nSPS) is 10.6. The number of anilines is 1. The van der Waals surface area contributed by atoms with Crippen molar-refractivity contribution in [3.8, 4) is 11.3 Å². The molecule has 0 atom stereocenters. The highest BCUT2D eigenvalue weighted by atomic mass is 35.5. The van der Waals surface area contributed by atoms with Gasteiger partial charge in [0.25, 0.3) is 0 Å². The Morgan fingerprint density at radius 1 is 1.27 bits per heavy atom. The predicted molar refractivity (Wildman–Crippen MR) is 61.1 cm³/mol. The topological polar surface area (TPSA) is 52.0 Å². The number of nitrogens with two attached hydrogens (primary N) is 1. The Kier molecular flexibility index (Phi) is 2.59. The summed E-state index contributed by atoms with van der Waals surface area (Å²) < 4.78 is 5.03. The molecule has 0 unspecified atom stereocenters. The van der Waals surface area contributed by atoms with Crippen molar-refractivity contribution in [1.82, 2.24) is 5.16 Å². The predicted octanol–water partition coefficient (Wildman–Crippen LogP) is 3.54. The lowest BCUT2D eigenvalue weighted by atomic mass is 10.1. The van der Waals surface area contributed by atoms with E-state index in [2.05, 4.69) is 5.16 Å². The van der Waals surface area contributed by atoms with Gasteiger partial charge in [0.1, 0.15) is 5.02 Å². The Bertz CT molecular complexity index is 488. The smallest absolute Gasteiger partial charge is 0.187 e. The Labute approximate surface area is 96.8 Å². The monoisotopic (exact) mass is 242 g/mol. The number of hydrogen-bond acceptors (Lipinski definition) is 3. The van der Waals surface area contributed by atoms with Gasteiger partial charge in [-0.1, -0.05) is 28.4 Å². The highest BCUT2D eigenvalue weighted by molar-refractivity contribution is 6.35. The van der Waals surface area contributed by atoms with Crippen LogP contribution in [0.1, 0.15) is 5.56 Å². The summed E-state index contributed by atoms with van der Waals surface area (Å²) in [7, 11) is 0. The molecule has 2 N–H and O–H groups in total. The van der Waals surface area contributed by atoms with Crippen molar-refractivity contribution in [1.29, 1.82) is 0 Å². The molecule has 0 saturated heterocycles. The van der Waals surface area contributed by atoms with Crippen molar-refractivity contribution in [3.05, 3.63) is 33.8 Å². The van der Waals surface area contributed by atoms with Gasteiger partial charge in [0.2, 0.25) is 0 Å². The van der Waals surface area contributed by atoms with Crippen molar-refractivity contribution in [2.24, 2.45) is 0 Å². The van der Waals surface area contributed by atoms with Crippen LogP contribution in [0.5, 0.6) is 0 Å². The number of halogens is 2. The summed E-state index contributed by atoms with van der Waals surface area (Å²) >= 11 is 11.8. The molecule has 0 aliphatic carbocycles. The molecule has 0 bridgehead atoms. The van der Waals surface area contributed by atoms with Gasteiger partial charge >= 0.3 is 0 Å². The van der Waals surface area contributed by atoms with E-state index in [1.54, 1.807) is 6.07 Å². The van der Waals surface area contributed by atoms with Gasteiger partial charge in [0.05, 0.1) is 0 Å². The molecular formula is C10H8Cl2N2O. The Morgan fingerprint density at radius 2 is 2.00 bits per heavy atom. The third kappa shape index (κ3) is 1.94. The summed E-state index contributed by atoms with van der Waals surface area (Å²) in [6.45, 7) is 1.93. The summed E-state index contributed by atoms with van der Waals surface area (Å²) in [5.41, 5.74) is 7.27. The minimum Gasteiger partial charge on any atom is -0.380 e. The average molecular weight is 243 g/mol. The maximum atomic E-state index is 5.92. The highest BCUT2D eigenvalue weighted by Crippen LogP contribution is 2.33. The summed E-state index contributed by atoms with van der Waals surface area (Å²) in [4.78, 5) is 0. The lowest BCUT2D eigenvalue weighted by Gasteiger charge is -2.00. The Morgan fingerprint density at radius 3 is 2.53 bits per heavy atom. The van der Waals surface area contributed by atoms with Crippen molar-refractivity contribution in [2.45, 2.75) is 6.92 Å². The molecule has 0 aliphatic heterocycles. The molecule has 2 aromatic rings. The lowest BCUT2D eigenvalue weighted by Crippen LogP contribution is -1.83. The minimum absolute atomic E-state index is 0.185. The molecule has 0 spiro atoms. The molecule has 2 rings (SSSR count). The van der Waals surface area contributed by atoms with E-state index in [1.807, 2.05) is 19.1 Å². The van der Waals surface area contributed by atoms with E-state index in [0.29, 0.717) is 15.8 Å². The fourth-order valence-corrected chi connectivity index (χ4v) is 1.81. The first-order chi connectivity index (χ1) is 7.08. The molecular weight excluding hydrogens is 235 g/mol. The molecule has 3 nitrogen and oxygen atoms in total. The van der Waals surface area contributed by atoms with Gasteiger partial charge in [-0.25, -0.2) is 0 Å². The van der Waals surface area contributed by atoms with Crippen molar-refractivity contribution in [2.75, 3.05) is 5.73 Å². The number of hydrogen-bond donors (Lipinski definition) is 1. The zero-order valence-electron chi connectivity index (χ0n) is 7.92. The van der Waals surface area contributed by atoms with Gasteiger partial charge < -0.3 is 10.3 Å². The highest BCUT2D eigenvalue weighted by Gasteiger charge is 2.14. The van der Waals surface area contributed by atoms with Gasteiger partial charge in [0.15, 0.2) is 11.6 Å². The second-order valence-corrected chi connectivity index (χ2v) is 4.04. The van der Waals surface area contributed by atoms with Crippen LogP contribution in [-0.2, 0) is 0 Å². The maximum Gasteiger partial charge on any atom is 0.187 e. The van der Waals surface area contributed by atoms with Crippen LogP contribution in [0.4, 0.5) is 5.82 Å². The summed E-state index contributed by atoms with van der Waals surface area (Å²) in [5, 5.41) is 4.52. The number of rotatable bonds is 1. The van der Waals surface area contributed by atoms with Crippen LogP contribution >= 0.6 is 23.2 Å². The molecule has 0 radical (unpaired) electrons. The lowest BCUT2D eigenvalue weighted by molar-refractivity contribution is 0.436. The van der Waals surface area contributed by atoms with E-state index in [4.69, 9.17) is 33.5 Å². The molecule has 78 valence electrons. The van der Waals surface area contributed by atoms with Crippen LogP contribution in [0.25, 0.3) is 11.3 Å². The van der Waals surface area contributed by atoms with Gasteiger partial charge in [-0.3, -0.25) is 0 Å². The maximum absolute atomic E-state index is 5.92. The van der Waals surface area contributed by atoms with Gasteiger partial charge in [0, 0.05) is 10.6 Å². The van der Waals surface area contributed by atoms with Crippen LogP contribution in [0.3, 0.4) is 0 Å². The first-order valence-electron chi connectivity index (χ1n) is 4.26. The largest absolute Gasteiger partial charge is 0.380 e. The molecule has 0 amide bonds. The SMILES string of the molecule is Cc1cc(Cl)cc(-c2onc(N)c2Cl)c1. The fourth-order valence-electron chi connectivity index (χ4n) is 1.34. The van der Waals surface area contributed by atoms with Crippen LogP contribution in [0, 0.1) is 6.92 Å². The van der Waals surface area contributed by atoms with E-state index in [1.165, 1.54) is 0 Å². The Balaban J connectivity index is 2.58. The quantitative estimate of drug-likeness (QED) is 0.833. The number of aryl methyl sites for hydroxylation is 1. The third-order valence-corrected chi connectivity index (χ3v) is 2.55. The second-order valence-electron chi connectivity index (χ2n) is 3.23. The van der Waals surface area contributed by atoms with Crippen LogP contribution < -0.4 is 5.73 Å². The standard InChI is InChI=1S/C10H8Cl2N2O/c1-5-2-6(4-7(11)3-5)9-8(12)10(13)14-15-9/h2-4H,1H3,(H2,13,14). The van der Waals surface area contributed by atoms with Crippen molar-refractivity contribution >= 4 is 29.0 Å². The van der Waals surface area contributed by atoms with E-state index in [-0.39, 0.29) is 5.82 Å². The number of nitrogens with zero attached hydrogens (tertiary/aromatic N) is 1. The number of nitrogen functional groups attached to an aromatic ring is 1. The molecule has 1 aromatic heterocycles. The van der Waals surface area contributed by atoms with Crippen molar-refractivity contribution in [3.63, 3.8) is 0 Å². The summed E-state index contributed by atoms with van der Waals surface area (Å²) in [6, 6.07) is 5.50. The minimum atomic E-state index is 0.185. The molecule has 5 heteroatoms. The van der Waals surface area contributed by atoms with E-state index in [9.17, 15) is 0 Å². The van der Waals surface area contributed by atoms with E-state index in [0.717, 1.165) is 11.1 Å². The number of benzene rings is 1. The Hall–Kier alpha value is -1.19. The molecule has 0 aliphatic rings. The summed E-state index contributed by atoms with van der Waals surface area (Å²) in [5.74, 6) is 0.629. The zero-order valence-corrected chi connectivity index (χ0v) is 9.43. The average Bonchev–Trinajstić information content (AvgIpc) is 2.46. The molecule has 1 aromatic carbocycles. The van der Waals surface area contributed by atoms with Crippen LogP contribution in [-0.4, -0.2) is 5.16 Å². The van der Waals surface area contributed by atoms with Gasteiger partial charge in [-0.05, 0) is 30.7 Å². The molecule has 1 heterocycles. The number of aromatic nitrogens is 1. The van der Waals surface area contributed by atoms with Gasteiger partial charge in [-0.2, -0.15) is 0 Å². The fraction of sp³-hybridized carbons (Fsp3) is 0.100. The second kappa shape index (κ2) is 3.76. The van der Waals surface area contributed by atoms with E-state index < -0.39 is 0 Å². The van der Waals surface area contributed by atoms with Crippen LogP contribution in [0.2, 0.25) is 10.0 Å². The summed E-state index contributed by atoms with van der Waals surface area (Å²) in [6.07, 6.45) is 0. The first kappa shape index (κ1) is 10.3. The first-order valence-corrected chi connectivity index (χ1v) is 5.01. The third-order valence-electron chi connectivity index (χ3n) is 1.96. The molecule has 15 heavy (non-hydrogen) atoms. The van der Waals surface area contributed by atoms with Crippen molar-refractivity contribution < 1.29 is 4.52 Å². The molecule has 0 saturated carbocycles. The van der Waals surface area contributed by atoms with Gasteiger partial charge in [-0.15, -0.1) is 0 Å².